The predicted octanol–water partition coefficient (Wildman–Crippen LogP) is 4.28. The van der Waals surface area contributed by atoms with Gasteiger partial charge in [0.05, 0.1) is 11.8 Å². The van der Waals surface area contributed by atoms with Crippen LogP contribution in [0.15, 0.2) is 54.6 Å². The van der Waals surface area contributed by atoms with Crippen molar-refractivity contribution in [1.29, 1.82) is 0 Å². The van der Waals surface area contributed by atoms with Crippen molar-refractivity contribution in [3.8, 4) is 11.3 Å². The Kier molecular flexibility index (Phi) is 3.10. The first-order chi connectivity index (χ1) is 9.31. The Morgan fingerprint density at radius 1 is 1.00 bits per heavy atom. The van der Waals surface area contributed by atoms with E-state index in [2.05, 4.69) is 23.2 Å². The number of aliphatic hydroxyl groups is 1. The average Bonchev–Trinajstić information content (AvgIpc) is 2.87. The second kappa shape index (κ2) is 4.90. The number of fused-ring (bicyclic) bond motifs is 1. The summed E-state index contributed by atoms with van der Waals surface area (Å²) in [6.07, 6.45) is 0.271. The van der Waals surface area contributed by atoms with E-state index in [1.165, 1.54) is 0 Å². The van der Waals surface area contributed by atoms with Crippen LogP contribution in [0.3, 0.4) is 0 Å². The maximum absolute atomic E-state index is 10.3. The van der Waals surface area contributed by atoms with E-state index in [0.29, 0.717) is 6.42 Å². The monoisotopic (exact) mass is 251 g/mol. The van der Waals surface area contributed by atoms with Gasteiger partial charge < -0.3 is 10.1 Å². The third-order valence-corrected chi connectivity index (χ3v) is 3.53. The number of benzene rings is 2. The Labute approximate surface area is 112 Å². The normalized spacial score (nSPS) is 12.7. The molecule has 0 spiro atoms. The molecule has 0 bridgehead atoms. The topological polar surface area (TPSA) is 36.0 Å². The summed E-state index contributed by atoms with van der Waals surface area (Å²) in [6, 6.07) is 18.3. The molecule has 3 rings (SSSR count). The minimum absolute atomic E-state index is 0.439. The molecule has 0 radical (unpaired) electrons. The standard InChI is InChI=1S/C17H17NO/c1-2-15(19)16-13-10-6-7-11-14(13)18-17(16)12-8-4-3-5-9-12/h3-11,15,18-19H,2H2,1H3/t15-/m0/s1. The van der Waals surface area contributed by atoms with E-state index in [1.807, 2.05) is 43.3 Å². The van der Waals surface area contributed by atoms with E-state index >= 15 is 0 Å². The fourth-order valence-electron chi connectivity index (χ4n) is 2.55. The molecule has 96 valence electrons. The molecule has 2 aromatic carbocycles. The van der Waals surface area contributed by atoms with Gasteiger partial charge in [-0.3, -0.25) is 0 Å². The summed E-state index contributed by atoms with van der Waals surface area (Å²) in [7, 11) is 0. The number of hydrogen-bond acceptors (Lipinski definition) is 1. The molecule has 1 aromatic heterocycles. The van der Waals surface area contributed by atoms with Gasteiger partial charge in [0.15, 0.2) is 0 Å². The van der Waals surface area contributed by atoms with E-state index in [4.69, 9.17) is 0 Å². The zero-order valence-electron chi connectivity index (χ0n) is 10.9. The third-order valence-electron chi connectivity index (χ3n) is 3.53. The quantitative estimate of drug-likeness (QED) is 0.716. The molecule has 0 aliphatic carbocycles. The van der Waals surface area contributed by atoms with Crippen LogP contribution in [-0.4, -0.2) is 10.1 Å². The number of para-hydroxylation sites is 1. The number of rotatable bonds is 3. The van der Waals surface area contributed by atoms with Gasteiger partial charge in [0, 0.05) is 16.5 Å². The first kappa shape index (κ1) is 12.0. The van der Waals surface area contributed by atoms with Gasteiger partial charge in [0.1, 0.15) is 0 Å². The van der Waals surface area contributed by atoms with Gasteiger partial charge >= 0.3 is 0 Å². The molecule has 0 aliphatic rings. The van der Waals surface area contributed by atoms with E-state index in [1.54, 1.807) is 0 Å². The Balaban J connectivity index is 2.29. The Hall–Kier alpha value is -2.06. The van der Waals surface area contributed by atoms with Crippen LogP contribution in [0.25, 0.3) is 22.2 Å². The van der Waals surface area contributed by atoms with Crippen molar-refractivity contribution in [2.45, 2.75) is 19.4 Å². The number of aromatic nitrogens is 1. The molecule has 2 heteroatoms. The summed E-state index contributed by atoms with van der Waals surface area (Å²) >= 11 is 0. The summed E-state index contributed by atoms with van der Waals surface area (Å²) in [6.45, 7) is 2.00. The van der Waals surface area contributed by atoms with Gasteiger partial charge in [-0.05, 0) is 18.1 Å². The van der Waals surface area contributed by atoms with Gasteiger partial charge in [-0.25, -0.2) is 0 Å². The van der Waals surface area contributed by atoms with Gasteiger partial charge in [0.25, 0.3) is 0 Å². The Morgan fingerprint density at radius 3 is 2.42 bits per heavy atom. The second-order valence-corrected chi connectivity index (χ2v) is 4.75. The molecular formula is C17H17NO. The van der Waals surface area contributed by atoms with Crippen LogP contribution in [0.4, 0.5) is 0 Å². The van der Waals surface area contributed by atoms with Crippen LogP contribution in [0.2, 0.25) is 0 Å². The maximum Gasteiger partial charge on any atom is 0.0814 e. The molecule has 19 heavy (non-hydrogen) atoms. The van der Waals surface area contributed by atoms with Crippen LogP contribution >= 0.6 is 0 Å². The van der Waals surface area contributed by atoms with Crippen LogP contribution in [-0.2, 0) is 0 Å². The molecule has 0 saturated carbocycles. The minimum atomic E-state index is -0.439. The molecule has 0 fully saturated rings. The number of aromatic amines is 1. The lowest BCUT2D eigenvalue weighted by Crippen LogP contribution is -1.96. The zero-order valence-corrected chi connectivity index (χ0v) is 10.9. The number of nitrogens with one attached hydrogen (secondary N) is 1. The molecule has 0 saturated heterocycles. The minimum Gasteiger partial charge on any atom is -0.388 e. The molecule has 2 nitrogen and oxygen atoms in total. The van der Waals surface area contributed by atoms with E-state index in [9.17, 15) is 5.11 Å². The van der Waals surface area contributed by atoms with Crippen molar-refractivity contribution < 1.29 is 5.11 Å². The van der Waals surface area contributed by atoms with E-state index < -0.39 is 6.10 Å². The van der Waals surface area contributed by atoms with E-state index in [-0.39, 0.29) is 0 Å². The fraction of sp³-hybridized carbons (Fsp3) is 0.176. The highest BCUT2D eigenvalue weighted by molar-refractivity contribution is 5.91. The van der Waals surface area contributed by atoms with Crippen molar-refractivity contribution in [2.75, 3.05) is 0 Å². The number of H-pyrrole nitrogens is 1. The SMILES string of the molecule is CC[C@H](O)c1c(-c2ccccc2)[nH]c2ccccc12. The summed E-state index contributed by atoms with van der Waals surface area (Å²) in [4.78, 5) is 3.44. The van der Waals surface area contributed by atoms with Crippen molar-refractivity contribution >= 4 is 10.9 Å². The van der Waals surface area contributed by atoms with Crippen molar-refractivity contribution in [2.24, 2.45) is 0 Å². The van der Waals surface area contributed by atoms with Gasteiger partial charge in [-0.1, -0.05) is 55.5 Å². The first-order valence-electron chi connectivity index (χ1n) is 6.65. The van der Waals surface area contributed by atoms with Crippen molar-refractivity contribution in [1.82, 2.24) is 4.98 Å². The Bertz CT molecular complexity index is 685. The lowest BCUT2D eigenvalue weighted by molar-refractivity contribution is 0.176. The summed E-state index contributed by atoms with van der Waals surface area (Å²) < 4.78 is 0. The summed E-state index contributed by atoms with van der Waals surface area (Å²) in [5.74, 6) is 0. The van der Waals surface area contributed by atoms with Gasteiger partial charge in [-0.2, -0.15) is 0 Å². The maximum atomic E-state index is 10.3. The van der Waals surface area contributed by atoms with Crippen LogP contribution in [0, 0.1) is 0 Å². The summed E-state index contributed by atoms with van der Waals surface area (Å²) in [5, 5.41) is 11.4. The van der Waals surface area contributed by atoms with Crippen LogP contribution in [0.1, 0.15) is 25.0 Å². The second-order valence-electron chi connectivity index (χ2n) is 4.75. The molecule has 0 aliphatic heterocycles. The highest BCUT2D eigenvalue weighted by Gasteiger charge is 2.18. The first-order valence-corrected chi connectivity index (χ1v) is 6.65. The number of aliphatic hydroxyl groups excluding tert-OH is 1. The fourth-order valence-corrected chi connectivity index (χ4v) is 2.55. The van der Waals surface area contributed by atoms with Crippen LogP contribution in [0.5, 0.6) is 0 Å². The Morgan fingerprint density at radius 2 is 1.68 bits per heavy atom. The molecule has 1 heterocycles. The zero-order chi connectivity index (χ0) is 13.2. The molecule has 0 unspecified atom stereocenters. The lowest BCUT2D eigenvalue weighted by Gasteiger charge is -2.10. The highest BCUT2D eigenvalue weighted by atomic mass is 16.3. The van der Waals surface area contributed by atoms with Crippen molar-refractivity contribution in [3.63, 3.8) is 0 Å². The largest absolute Gasteiger partial charge is 0.388 e. The van der Waals surface area contributed by atoms with E-state index in [0.717, 1.165) is 27.7 Å². The average molecular weight is 251 g/mol. The highest BCUT2D eigenvalue weighted by Crippen LogP contribution is 2.35. The van der Waals surface area contributed by atoms with Crippen LogP contribution < -0.4 is 0 Å². The third kappa shape index (κ3) is 2.04. The number of hydrogen-bond donors (Lipinski definition) is 2. The van der Waals surface area contributed by atoms with Gasteiger partial charge in [-0.15, -0.1) is 0 Å². The summed E-state index contributed by atoms with van der Waals surface area (Å²) in [5.41, 5.74) is 4.21. The van der Waals surface area contributed by atoms with Gasteiger partial charge in [0.2, 0.25) is 0 Å². The smallest absolute Gasteiger partial charge is 0.0814 e. The van der Waals surface area contributed by atoms with Crippen molar-refractivity contribution in [3.05, 3.63) is 60.2 Å². The molecule has 1 atom stereocenters. The molecular weight excluding hydrogens is 234 g/mol. The lowest BCUT2D eigenvalue weighted by atomic mass is 9.99. The molecule has 2 N–H and O–H groups in total. The molecule has 0 amide bonds. The molecule has 3 aromatic rings. The predicted molar refractivity (Wildman–Crippen MR) is 79.0 cm³/mol.